The molecular weight excluding hydrogens is 578 g/mol. The lowest BCUT2D eigenvalue weighted by Gasteiger charge is -2.17. The molecule has 3 atom stereocenters. The van der Waals surface area contributed by atoms with Gasteiger partial charge in [-0.3, -0.25) is 10.3 Å². The second-order valence-electron chi connectivity index (χ2n) is 11.8. The first-order valence-electron chi connectivity index (χ1n) is 14.7. The molecule has 228 valence electrons. The molecule has 0 saturated carbocycles. The molecule has 0 aliphatic carbocycles. The predicted molar refractivity (Wildman–Crippen MR) is 174 cm³/mol. The van der Waals surface area contributed by atoms with Gasteiger partial charge in [-0.05, 0) is 61.7 Å². The van der Waals surface area contributed by atoms with Gasteiger partial charge in [-0.1, -0.05) is 30.7 Å². The number of nitrogens with zero attached hydrogens (tertiary/aromatic N) is 3. The second kappa shape index (κ2) is 11.8. The Balaban J connectivity index is 1.31. The van der Waals surface area contributed by atoms with Crippen LogP contribution < -0.4 is 5.73 Å². The summed E-state index contributed by atoms with van der Waals surface area (Å²) in [4.78, 5) is 16.7. The minimum Gasteiger partial charge on any atom is -0.397 e. The lowest BCUT2D eigenvalue weighted by Crippen LogP contribution is -2.26. The largest absolute Gasteiger partial charge is 0.397 e. The lowest BCUT2D eigenvalue weighted by atomic mass is 10.0. The molecule has 4 aromatic heterocycles. The fourth-order valence-electron chi connectivity index (χ4n) is 5.63. The van der Waals surface area contributed by atoms with Gasteiger partial charge >= 0.3 is 0 Å². The van der Waals surface area contributed by atoms with Gasteiger partial charge in [-0.15, -0.1) is 17.9 Å². The zero-order valence-corrected chi connectivity index (χ0v) is 25.8. The number of alkyl halides is 2. The van der Waals surface area contributed by atoms with Gasteiger partial charge in [0.05, 0.1) is 29.7 Å². The molecule has 2 saturated heterocycles. The molecule has 10 heteroatoms. The second-order valence-corrected chi connectivity index (χ2v) is 12.9. The quantitative estimate of drug-likeness (QED) is 0.0737. The molecule has 7 nitrogen and oxygen atoms in total. The summed E-state index contributed by atoms with van der Waals surface area (Å²) >= 11 is 1.71. The van der Waals surface area contributed by atoms with Gasteiger partial charge < -0.3 is 15.5 Å². The van der Waals surface area contributed by atoms with Crippen LogP contribution in [-0.2, 0) is 4.74 Å². The Hall–Kier alpha value is -3.99. The van der Waals surface area contributed by atoms with Crippen LogP contribution in [0.1, 0.15) is 55.3 Å². The van der Waals surface area contributed by atoms with E-state index in [4.69, 9.17) is 20.9 Å². The van der Waals surface area contributed by atoms with E-state index in [0.29, 0.717) is 41.5 Å². The van der Waals surface area contributed by atoms with Crippen molar-refractivity contribution in [2.45, 2.75) is 45.3 Å². The Labute approximate surface area is 259 Å². The average Bonchev–Trinajstić information content (AvgIpc) is 3.34. The number of halogens is 2. The zero-order chi connectivity index (χ0) is 31.2. The van der Waals surface area contributed by atoms with Crippen molar-refractivity contribution in [1.29, 1.82) is 5.41 Å². The van der Waals surface area contributed by atoms with Crippen LogP contribution in [0.2, 0.25) is 0 Å². The smallest absolute Gasteiger partial charge is 0.261 e. The number of nitrogen functional groups attached to an aromatic ring is 1. The average molecular weight is 615 g/mol. The topological polar surface area (TPSA) is 107 Å². The normalized spacial score (nSPS) is 21.1. The molecule has 2 fully saturated rings. The van der Waals surface area contributed by atoms with Crippen LogP contribution in [0.3, 0.4) is 0 Å². The van der Waals surface area contributed by atoms with E-state index in [9.17, 15) is 8.78 Å². The highest BCUT2D eigenvalue weighted by molar-refractivity contribution is 7.15. The summed E-state index contributed by atoms with van der Waals surface area (Å²) in [5.41, 5.74) is 11.9. The number of pyridine rings is 2. The van der Waals surface area contributed by atoms with Crippen LogP contribution >= 0.6 is 11.3 Å². The minimum atomic E-state index is -2.64. The molecule has 6 rings (SSSR count). The number of rotatable bonds is 10. The van der Waals surface area contributed by atoms with E-state index in [1.807, 2.05) is 50.3 Å². The number of likely N-dealkylation sites (tertiary alicyclic amines) is 1. The van der Waals surface area contributed by atoms with Crippen LogP contribution in [0, 0.1) is 11.3 Å². The van der Waals surface area contributed by atoms with Crippen LogP contribution in [0.15, 0.2) is 73.0 Å². The van der Waals surface area contributed by atoms with Crippen LogP contribution in [-0.4, -0.2) is 57.2 Å². The first kappa shape index (κ1) is 30.1. The van der Waals surface area contributed by atoms with E-state index < -0.39 is 5.92 Å². The molecule has 0 bridgehead atoms. The fourth-order valence-corrected chi connectivity index (χ4v) is 6.81. The van der Waals surface area contributed by atoms with Gasteiger partial charge in [0.2, 0.25) is 0 Å². The number of nitrogens with one attached hydrogen (secondary N) is 2. The van der Waals surface area contributed by atoms with E-state index in [0.717, 1.165) is 27.0 Å². The van der Waals surface area contributed by atoms with Crippen molar-refractivity contribution >= 4 is 39.3 Å². The molecule has 2 aliphatic rings. The Morgan fingerprint density at radius 2 is 2.11 bits per heavy atom. The van der Waals surface area contributed by atoms with Crippen molar-refractivity contribution < 1.29 is 13.5 Å². The molecule has 44 heavy (non-hydrogen) atoms. The number of aromatic nitrogens is 3. The van der Waals surface area contributed by atoms with Gasteiger partial charge in [-0.2, -0.15) is 0 Å². The SMILES string of the molecule is C=C[C@H](C)/C=C(\C=C(/C)CN1CCC(F)(F)C1)c1ccc(N)c(C(=N)c2cc3c(-c4ccc(C5OC5C)s4)ccnc3[nH]2)n1. The van der Waals surface area contributed by atoms with Crippen LogP contribution in [0.5, 0.6) is 0 Å². The Morgan fingerprint density at radius 3 is 2.82 bits per heavy atom. The van der Waals surface area contributed by atoms with E-state index in [-0.39, 0.29) is 36.8 Å². The summed E-state index contributed by atoms with van der Waals surface area (Å²) in [6, 6.07) is 11.7. The predicted octanol–water partition coefficient (Wildman–Crippen LogP) is 7.64. The molecular formula is C34H36F2N6OS. The number of anilines is 1. The van der Waals surface area contributed by atoms with Crippen molar-refractivity contribution in [3.63, 3.8) is 0 Å². The lowest BCUT2D eigenvalue weighted by molar-refractivity contribution is 0.0131. The van der Waals surface area contributed by atoms with Crippen LogP contribution in [0.25, 0.3) is 27.0 Å². The molecule has 2 unspecified atom stereocenters. The van der Waals surface area contributed by atoms with Gasteiger partial charge in [0.25, 0.3) is 5.92 Å². The van der Waals surface area contributed by atoms with Gasteiger partial charge in [0.15, 0.2) is 0 Å². The van der Waals surface area contributed by atoms with E-state index in [1.54, 1.807) is 28.5 Å². The maximum absolute atomic E-state index is 13.8. The number of hydrogen-bond donors (Lipinski definition) is 3. The maximum Gasteiger partial charge on any atom is 0.261 e. The highest BCUT2D eigenvalue weighted by Gasteiger charge is 2.38. The number of hydrogen-bond acceptors (Lipinski definition) is 7. The summed E-state index contributed by atoms with van der Waals surface area (Å²) in [5.74, 6) is -2.60. The Bertz CT molecular complexity index is 1800. The van der Waals surface area contributed by atoms with Gasteiger partial charge in [0.1, 0.15) is 23.2 Å². The summed E-state index contributed by atoms with van der Waals surface area (Å²) in [6.07, 6.45) is 7.90. The third-order valence-corrected chi connectivity index (χ3v) is 9.26. The van der Waals surface area contributed by atoms with Crippen LogP contribution in [0.4, 0.5) is 14.5 Å². The Morgan fingerprint density at radius 1 is 1.32 bits per heavy atom. The third kappa shape index (κ3) is 6.29. The van der Waals surface area contributed by atoms with Crippen molar-refractivity contribution in [1.82, 2.24) is 19.9 Å². The third-order valence-electron chi connectivity index (χ3n) is 8.08. The van der Waals surface area contributed by atoms with Gasteiger partial charge in [-0.25, -0.2) is 18.7 Å². The first-order chi connectivity index (χ1) is 21.0. The molecule has 6 heterocycles. The Kier molecular flexibility index (Phi) is 8.08. The highest BCUT2D eigenvalue weighted by atomic mass is 32.1. The number of ether oxygens (including phenoxy) is 1. The van der Waals surface area contributed by atoms with E-state index >= 15 is 0 Å². The molecule has 0 aromatic carbocycles. The van der Waals surface area contributed by atoms with E-state index in [2.05, 4.69) is 35.6 Å². The van der Waals surface area contributed by atoms with Crippen molar-refractivity contribution in [2.24, 2.45) is 5.92 Å². The molecule has 4 N–H and O–H groups in total. The summed E-state index contributed by atoms with van der Waals surface area (Å²) in [5, 5.41) is 10.0. The number of thiophene rings is 1. The zero-order valence-electron chi connectivity index (χ0n) is 25.0. The van der Waals surface area contributed by atoms with Crippen molar-refractivity contribution in [3.8, 4) is 10.4 Å². The number of fused-ring (bicyclic) bond motifs is 1. The first-order valence-corrected chi connectivity index (χ1v) is 15.5. The number of H-pyrrole nitrogens is 1. The molecule has 2 aliphatic heterocycles. The van der Waals surface area contributed by atoms with Gasteiger partial charge in [0, 0.05) is 46.4 Å². The molecule has 0 radical (unpaired) electrons. The number of epoxide rings is 1. The highest BCUT2D eigenvalue weighted by Crippen LogP contribution is 2.44. The molecule has 4 aromatic rings. The summed E-state index contributed by atoms with van der Waals surface area (Å²) in [6.45, 7) is 10.5. The van der Waals surface area contributed by atoms with Crippen molar-refractivity contribution in [2.75, 3.05) is 25.4 Å². The maximum atomic E-state index is 13.8. The van der Waals surface area contributed by atoms with E-state index in [1.165, 1.54) is 4.88 Å². The number of allylic oxidation sites excluding steroid dienone is 4. The fraction of sp³-hybridized carbons (Fsp3) is 0.324. The molecule has 0 spiro atoms. The number of nitrogens with two attached hydrogens (primary N) is 1. The summed E-state index contributed by atoms with van der Waals surface area (Å²) in [7, 11) is 0. The van der Waals surface area contributed by atoms with Crippen molar-refractivity contribution in [3.05, 3.63) is 94.9 Å². The number of aromatic amines is 1. The summed E-state index contributed by atoms with van der Waals surface area (Å²) < 4.78 is 33.2. The standard InChI is InChI=1S/C34H36F2N6OS/c1-5-19(2)14-22(15-20(3)17-42-13-11-34(35,36)18-42)26-7-6-25(37)31(40-26)30(38)27-16-24-23(10-12-39-33(24)41-27)28-8-9-29(44-28)32-21(4)43-32/h5-10,12,14-16,19,21,32,38H,1,11,13,17-18,37H2,2-4H3,(H,39,41)/b20-15+,22-14+,38-30?/t19-,21?,32?/m0/s1. The monoisotopic (exact) mass is 614 g/mol. The minimum absolute atomic E-state index is 0.0399. The molecule has 0 amide bonds.